The van der Waals surface area contributed by atoms with Gasteiger partial charge in [0.1, 0.15) is 5.82 Å². The molecule has 0 atom stereocenters. The third kappa shape index (κ3) is 3.94. The van der Waals surface area contributed by atoms with Crippen LogP contribution in [0.3, 0.4) is 0 Å². The van der Waals surface area contributed by atoms with Gasteiger partial charge in [-0.3, -0.25) is 9.69 Å². The molecule has 21 heavy (non-hydrogen) atoms. The fourth-order valence-electron chi connectivity index (χ4n) is 2.72. The first kappa shape index (κ1) is 15.8. The van der Waals surface area contributed by atoms with Crippen LogP contribution < -0.4 is 4.90 Å². The molecule has 0 N–H and O–H groups in total. The highest BCUT2D eigenvalue weighted by molar-refractivity contribution is 5.76. The fourth-order valence-corrected chi connectivity index (χ4v) is 2.72. The molecule has 1 fully saturated rings. The Morgan fingerprint density at radius 3 is 2.29 bits per heavy atom. The average Bonchev–Trinajstić information content (AvgIpc) is 2.47. The summed E-state index contributed by atoms with van der Waals surface area (Å²) in [4.78, 5) is 16.2. The molecule has 1 aliphatic rings. The molecule has 0 bridgehead atoms. The van der Waals surface area contributed by atoms with Crippen LogP contribution in [0.4, 0.5) is 10.1 Å². The molecule has 1 aromatic rings. The van der Waals surface area contributed by atoms with E-state index in [0.717, 1.165) is 31.9 Å². The van der Waals surface area contributed by atoms with E-state index in [-0.39, 0.29) is 11.8 Å². The summed E-state index contributed by atoms with van der Waals surface area (Å²) in [6.45, 7) is 8.04. The van der Waals surface area contributed by atoms with Crippen LogP contribution in [0.2, 0.25) is 0 Å². The van der Waals surface area contributed by atoms with E-state index < -0.39 is 5.41 Å². The number of benzene rings is 1. The molecule has 5 heteroatoms. The summed E-state index contributed by atoms with van der Waals surface area (Å²) in [7, 11) is 1.43. The monoisotopic (exact) mass is 294 g/mol. The number of ether oxygens (including phenoxy) is 1. The Morgan fingerprint density at radius 2 is 1.76 bits per heavy atom. The predicted molar refractivity (Wildman–Crippen MR) is 80.9 cm³/mol. The van der Waals surface area contributed by atoms with E-state index in [0.29, 0.717) is 6.54 Å². The Hall–Kier alpha value is -1.62. The summed E-state index contributed by atoms with van der Waals surface area (Å²) >= 11 is 0. The average molecular weight is 294 g/mol. The maximum atomic E-state index is 12.9. The van der Waals surface area contributed by atoms with Crippen molar-refractivity contribution in [2.75, 3.05) is 44.7 Å². The van der Waals surface area contributed by atoms with Crippen LogP contribution in [-0.4, -0.2) is 50.7 Å². The van der Waals surface area contributed by atoms with Crippen LogP contribution in [-0.2, 0) is 9.53 Å². The Bertz CT molecular complexity index is 480. The lowest BCUT2D eigenvalue weighted by Crippen LogP contribution is -2.50. The van der Waals surface area contributed by atoms with Gasteiger partial charge >= 0.3 is 5.97 Å². The predicted octanol–water partition coefficient (Wildman–Crippen LogP) is 2.15. The molecule has 0 aromatic heterocycles. The van der Waals surface area contributed by atoms with Gasteiger partial charge in [-0.05, 0) is 38.1 Å². The molecule has 116 valence electrons. The van der Waals surface area contributed by atoms with Crippen LogP contribution in [0.15, 0.2) is 24.3 Å². The molecule has 1 aromatic carbocycles. The Balaban J connectivity index is 1.88. The summed E-state index contributed by atoms with van der Waals surface area (Å²) in [5, 5.41) is 0. The number of hydrogen-bond donors (Lipinski definition) is 0. The molecule has 0 saturated carbocycles. The van der Waals surface area contributed by atoms with E-state index in [1.54, 1.807) is 0 Å². The van der Waals surface area contributed by atoms with E-state index >= 15 is 0 Å². The SMILES string of the molecule is COC(=O)C(C)(C)CN1CCN(c2ccc(F)cc2)CC1. The van der Waals surface area contributed by atoms with Crippen molar-refractivity contribution in [1.82, 2.24) is 4.90 Å². The minimum Gasteiger partial charge on any atom is -0.469 e. The van der Waals surface area contributed by atoms with Gasteiger partial charge in [-0.1, -0.05) is 0 Å². The number of nitrogens with zero attached hydrogens (tertiary/aromatic N) is 2. The number of halogens is 1. The molecular weight excluding hydrogens is 271 g/mol. The topological polar surface area (TPSA) is 32.8 Å². The van der Waals surface area contributed by atoms with Crippen LogP contribution in [0, 0.1) is 11.2 Å². The minimum atomic E-state index is -0.493. The van der Waals surface area contributed by atoms with Gasteiger partial charge < -0.3 is 9.64 Å². The van der Waals surface area contributed by atoms with Crippen molar-refractivity contribution in [2.45, 2.75) is 13.8 Å². The van der Waals surface area contributed by atoms with Crippen molar-refractivity contribution in [1.29, 1.82) is 0 Å². The largest absolute Gasteiger partial charge is 0.469 e. The third-order valence-corrected chi connectivity index (χ3v) is 3.92. The first-order valence-corrected chi connectivity index (χ1v) is 7.24. The Kier molecular flexibility index (Phi) is 4.83. The maximum absolute atomic E-state index is 12.9. The van der Waals surface area contributed by atoms with Gasteiger partial charge in [0, 0.05) is 38.4 Å². The van der Waals surface area contributed by atoms with Gasteiger partial charge in [0.2, 0.25) is 0 Å². The van der Waals surface area contributed by atoms with Crippen molar-refractivity contribution < 1.29 is 13.9 Å². The minimum absolute atomic E-state index is 0.177. The molecule has 0 spiro atoms. The van der Waals surface area contributed by atoms with Crippen LogP contribution in [0.25, 0.3) is 0 Å². The van der Waals surface area contributed by atoms with Crippen LogP contribution in [0.1, 0.15) is 13.8 Å². The van der Waals surface area contributed by atoms with E-state index in [9.17, 15) is 9.18 Å². The number of esters is 1. The first-order chi connectivity index (χ1) is 9.92. The number of rotatable bonds is 4. The van der Waals surface area contributed by atoms with E-state index in [1.807, 2.05) is 26.0 Å². The normalized spacial score (nSPS) is 16.9. The van der Waals surface area contributed by atoms with Gasteiger partial charge in [-0.2, -0.15) is 0 Å². The van der Waals surface area contributed by atoms with E-state index in [4.69, 9.17) is 4.74 Å². The number of hydrogen-bond acceptors (Lipinski definition) is 4. The maximum Gasteiger partial charge on any atom is 0.312 e. The molecule has 1 saturated heterocycles. The zero-order valence-corrected chi connectivity index (χ0v) is 12.9. The highest BCUT2D eigenvalue weighted by Crippen LogP contribution is 2.22. The number of carbonyl (C=O) groups excluding carboxylic acids is 1. The number of piperazine rings is 1. The molecule has 0 unspecified atom stereocenters. The van der Waals surface area contributed by atoms with Crippen molar-refractivity contribution >= 4 is 11.7 Å². The second-order valence-corrected chi connectivity index (χ2v) is 6.12. The standard InChI is InChI=1S/C16H23FN2O2/c1-16(2,15(20)21-3)12-18-8-10-19(11-9-18)14-6-4-13(17)5-7-14/h4-7H,8-12H2,1-3H3. The first-order valence-electron chi connectivity index (χ1n) is 7.24. The Morgan fingerprint density at radius 1 is 1.19 bits per heavy atom. The number of methoxy groups -OCH3 is 1. The lowest BCUT2D eigenvalue weighted by Gasteiger charge is -2.38. The van der Waals surface area contributed by atoms with E-state index in [2.05, 4.69) is 9.80 Å². The van der Waals surface area contributed by atoms with Crippen LogP contribution in [0.5, 0.6) is 0 Å². The lowest BCUT2D eigenvalue weighted by molar-refractivity contribution is -0.151. The van der Waals surface area contributed by atoms with Gasteiger partial charge in [-0.15, -0.1) is 0 Å². The molecule has 2 rings (SSSR count). The summed E-state index contributed by atoms with van der Waals surface area (Å²) in [6.07, 6.45) is 0. The molecular formula is C16H23FN2O2. The van der Waals surface area contributed by atoms with Crippen molar-refractivity contribution in [2.24, 2.45) is 5.41 Å². The second kappa shape index (κ2) is 6.43. The number of carbonyl (C=O) groups is 1. The molecule has 0 aliphatic carbocycles. The zero-order valence-electron chi connectivity index (χ0n) is 12.9. The highest BCUT2D eigenvalue weighted by atomic mass is 19.1. The van der Waals surface area contributed by atoms with Crippen LogP contribution >= 0.6 is 0 Å². The summed E-state index contributed by atoms with van der Waals surface area (Å²) in [6, 6.07) is 6.59. The van der Waals surface area contributed by atoms with Gasteiger partial charge in [-0.25, -0.2) is 4.39 Å². The summed E-state index contributed by atoms with van der Waals surface area (Å²) in [5.74, 6) is -0.388. The molecule has 0 radical (unpaired) electrons. The van der Waals surface area contributed by atoms with Crippen molar-refractivity contribution in [3.05, 3.63) is 30.1 Å². The lowest BCUT2D eigenvalue weighted by atomic mass is 9.92. The fraction of sp³-hybridized carbons (Fsp3) is 0.562. The molecule has 1 aliphatic heterocycles. The van der Waals surface area contributed by atoms with E-state index in [1.165, 1.54) is 19.2 Å². The highest BCUT2D eigenvalue weighted by Gasteiger charge is 2.32. The Labute approximate surface area is 125 Å². The second-order valence-electron chi connectivity index (χ2n) is 6.12. The van der Waals surface area contributed by atoms with Crippen molar-refractivity contribution in [3.63, 3.8) is 0 Å². The summed E-state index contributed by atoms with van der Waals surface area (Å²) in [5.41, 5.74) is 0.551. The molecule has 4 nitrogen and oxygen atoms in total. The van der Waals surface area contributed by atoms with Crippen molar-refractivity contribution in [3.8, 4) is 0 Å². The summed E-state index contributed by atoms with van der Waals surface area (Å²) < 4.78 is 17.8. The van der Waals surface area contributed by atoms with Gasteiger partial charge in [0.15, 0.2) is 0 Å². The smallest absolute Gasteiger partial charge is 0.312 e. The third-order valence-electron chi connectivity index (χ3n) is 3.92. The van der Waals surface area contributed by atoms with Gasteiger partial charge in [0.25, 0.3) is 0 Å². The quantitative estimate of drug-likeness (QED) is 0.797. The molecule has 0 amide bonds. The zero-order chi connectivity index (χ0) is 15.5. The number of anilines is 1. The van der Waals surface area contributed by atoms with Gasteiger partial charge in [0.05, 0.1) is 12.5 Å². The molecule has 1 heterocycles.